The number of nitrogens with zero attached hydrogens (tertiary/aromatic N) is 1. The van der Waals surface area contributed by atoms with Crippen molar-refractivity contribution in [2.24, 2.45) is 10.7 Å². The van der Waals surface area contributed by atoms with E-state index in [2.05, 4.69) is 36.4 Å². The summed E-state index contributed by atoms with van der Waals surface area (Å²) in [4.78, 5) is 18.9. The van der Waals surface area contributed by atoms with E-state index in [9.17, 15) is 4.79 Å². The molecule has 0 saturated heterocycles. The first-order valence-electron chi connectivity index (χ1n) is 11.2. The third kappa shape index (κ3) is 3.79. The van der Waals surface area contributed by atoms with E-state index in [4.69, 9.17) is 10.7 Å². The third-order valence-corrected chi connectivity index (χ3v) is 11.0. The van der Waals surface area contributed by atoms with Gasteiger partial charge in [-0.25, -0.2) is 0 Å². The molecule has 3 nitrogen and oxygen atoms in total. The van der Waals surface area contributed by atoms with Crippen LogP contribution in [0, 0.1) is 0 Å². The Morgan fingerprint density at radius 1 is 0.636 bits per heavy atom. The number of hydrogen-bond donors (Lipinski definition) is 1. The molecule has 0 fully saturated rings. The second-order valence-corrected chi connectivity index (χ2v) is 11.8. The monoisotopic (exact) mass is 449 g/mol. The number of carbonyl (C=O) groups is 1. The van der Waals surface area contributed by atoms with Crippen molar-refractivity contribution in [3.63, 3.8) is 0 Å². The quantitative estimate of drug-likeness (QED) is 0.454. The summed E-state index contributed by atoms with van der Waals surface area (Å²) in [6.45, 7) is 0. The Kier molecular flexibility index (Phi) is 5.90. The number of ketones is 1. The molecular formula is C29H26N2OP+. The van der Waals surface area contributed by atoms with Crippen LogP contribution in [0.15, 0.2) is 126 Å². The van der Waals surface area contributed by atoms with E-state index in [-0.39, 0.29) is 5.78 Å². The maximum atomic E-state index is 14.1. The number of carbonyl (C=O) groups excluding carboxylic acids is 1. The van der Waals surface area contributed by atoms with E-state index in [0.717, 1.165) is 21.5 Å². The molecule has 4 aromatic rings. The van der Waals surface area contributed by atoms with Crippen molar-refractivity contribution in [2.45, 2.75) is 18.1 Å². The molecule has 0 spiro atoms. The van der Waals surface area contributed by atoms with Gasteiger partial charge in [-0.3, -0.25) is 9.79 Å². The van der Waals surface area contributed by atoms with Crippen molar-refractivity contribution in [1.82, 2.24) is 0 Å². The molecule has 0 saturated carbocycles. The average Bonchev–Trinajstić information content (AvgIpc) is 3.15. The van der Waals surface area contributed by atoms with E-state index in [1.807, 2.05) is 84.9 Å². The molecular weight excluding hydrogens is 423 g/mol. The molecule has 0 aliphatic carbocycles. The fraction of sp³-hybridized carbons (Fsp3) is 0.103. The minimum atomic E-state index is -2.46. The topological polar surface area (TPSA) is 55.4 Å². The van der Waals surface area contributed by atoms with Gasteiger partial charge in [-0.2, -0.15) is 0 Å². The predicted molar refractivity (Wildman–Crippen MR) is 139 cm³/mol. The molecule has 0 aromatic heterocycles. The van der Waals surface area contributed by atoms with Crippen molar-refractivity contribution in [3.05, 3.63) is 127 Å². The lowest BCUT2D eigenvalue weighted by atomic mass is 10.0. The summed E-state index contributed by atoms with van der Waals surface area (Å²) in [6.07, 6.45) is 0.565. The molecule has 1 heterocycles. The molecule has 0 bridgehead atoms. The highest BCUT2D eigenvalue weighted by Gasteiger charge is 2.60. The van der Waals surface area contributed by atoms with Crippen LogP contribution in [0.1, 0.15) is 5.56 Å². The second-order valence-electron chi connectivity index (χ2n) is 8.29. The van der Waals surface area contributed by atoms with E-state index in [0.29, 0.717) is 12.3 Å². The molecule has 4 aromatic carbocycles. The van der Waals surface area contributed by atoms with Gasteiger partial charge in [-0.1, -0.05) is 84.9 Å². The van der Waals surface area contributed by atoms with Crippen molar-refractivity contribution in [3.8, 4) is 0 Å². The second kappa shape index (κ2) is 9.13. The minimum absolute atomic E-state index is 0.112. The maximum absolute atomic E-state index is 14.1. The zero-order chi connectivity index (χ0) is 22.7. The van der Waals surface area contributed by atoms with Crippen LogP contribution >= 0.6 is 7.26 Å². The Morgan fingerprint density at radius 2 is 1.03 bits per heavy atom. The van der Waals surface area contributed by atoms with Crippen LogP contribution in [0.5, 0.6) is 0 Å². The van der Waals surface area contributed by atoms with Crippen molar-refractivity contribution in [2.75, 3.05) is 0 Å². The Labute approximate surface area is 195 Å². The molecule has 2 unspecified atom stereocenters. The Hall–Kier alpha value is -3.55. The zero-order valence-corrected chi connectivity index (χ0v) is 19.2. The first-order chi connectivity index (χ1) is 16.2. The van der Waals surface area contributed by atoms with Gasteiger partial charge in [-0.15, -0.1) is 0 Å². The number of rotatable bonds is 6. The standard InChI is InChI=1S/C29H26N2OP/c30-29-28(27(32)26(31-29)21-22-13-5-1-6-14-22)33(23-15-7-2-8-16-23,24-17-9-3-10-18-24)25-19-11-4-12-20-25/h1-20,26,28H,21H2,(H2,30,31)/q+1. The van der Waals surface area contributed by atoms with Crippen LogP contribution in [0.3, 0.4) is 0 Å². The minimum Gasteiger partial charge on any atom is -0.384 e. The van der Waals surface area contributed by atoms with Gasteiger partial charge in [0.05, 0.1) is 0 Å². The van der Waals surface area contributed by atoms with Crippen LogP contribution in [-0.4, -0.2) is 23.3 Å². The van der Waals surface area contributed by atoms with E-state index in [1.54, 1.807) is 0 Å². The zero-order valence-electron chi connectivity index (χ0n) is 18.3. The highest BCUT2D eigenvalue weighted by Crippen LogP contribution is 2.61. The van der Waals surface area contributed by atoms with E-state index < -0.39 is 19.0 Å². The summed E-state index contributed by atoms with van der Waals surface area (Å²) in [5.74, 6) is 0.562. The number of benzene rings is 4. The maximum Gasteiger partial charge on any atom is 0.206 e. The number of amidine groups is 1. The van der Waals surface area contributed by atoms with Crippen molar-refractivity contribution >= 4 is 34.8 Å². The molecule has 2 atom stereocenters. The summed E-state index contributed by atoms with van der Waals surface area (Å²) in [5.41, 5.74) is 7.27. The number of nitrogens with two attached hydrogens (primary N) is 1. The molecule has 1 aliphatic rings. The fourth-order valence-electron chi connectivity index (χ4n) is 4.90. The Morgan fingerprint density at radius 3 is 1.45 bits per heavy atom. The lowest BCUT2D eigenvalue weighted by molar-refractivity contribution is -0.118. The smallest absolute Gasteiger partial charge is 0.206 e. The predicted octanol–water partition coefficient (Wildman–Crippen LogP) is 3.90. The lowest BCUT2D eigenvalue weighted by Gasteiger charge is -2.32. The summed E-state index contributed by atoms with van der Waals surface area (Å²) in [6, 6.07) is 40.7. The van der Waals surface area contributed by atoms with Gasteiger partial charge in [0.25, 0.3) is 0 Å². The molecule has 2 N–H and O–H groups in total. The SMILES string of the molecule is NC1=NC(Cc2ccccc2)C(=O)C1[P+](c1ccccc1)(c1ccccc1)c1ccccc1. The Bertz CT molecular complexity index is 1160. The van der Waals surface area contributed by atoms with E-state index >= 15 is 0 Å². The van der Waals surface area contributed by atoms with Gasteiger partial charge < -0.3 is 5.73 Å². The number of aliphatic imine (C=N–C) groups is 1. The summed E-state index contributed by atoms with van der Waals surface area (Å²) in [5, 5.41) is 3.41. The van der Waals surface area contributed by atoms with Gasteiger partial charge in [0.1, 0.15) is 35.1 Å². The molecule has 0 radical (unpaired) electrons. The van der Waals surface area contributed by atoms with Gasteiger partial charge in [0, 0.05) is 6.42 Å². The largest absolute Gasteiger partial charge is 0.384 e. The molecule has 162 valence electrons. The van der Waals surface area contributed by atoms with Gasteiger partial charge in [-0.05, 0) is 42.0 Å². The van der Waals surface area contributed by atoms with Crippen LogP contribution < -0.4 is 21.6 Å². The average molecular weight is 450 g/mol. The Balaban J connectivity index is 1.71. The third-order valence-electron chi connectivity index (χ3n) is 6.33. The summed E-state index contributed by atoms with van der Waals surface area (Å²) in [7, 11) is -2.46. The molecule has 5 rings (SSSR count). The van der Waals surface area contributed by atoms with Crippen molar-refractivity contribution in [1.29, 1.82) is 0 Å². The summed E-state index contributed by atoms with van der Waals surface area (Å²) < 4.78 is 0. The van der Waals surface area contributed by atoms with Crippen LogP contribution in [-0.2, 0) is 11.2 Å². The van der Waals surface area contributed by atoms with Gasteiger partial charge in [0.2, 0.25) is 5.78 Å². The highest BCUT2D eigenvalue weighted by atomic mass is 31.2. The lowest BCUT2D eigenvalue weighted by Crippen LogP contribution is -2.47. The number of hydrogen-bond acceptors (Lipinski definition) is 3. The molecule has 4 heteroatoms. The van der Waals surface area contributed by atoms with E-state index in [1.165, 1.54) is 0 Å². The highest BCUT2D eigenvalue weighted by molar-refractivity contribution is 7.97. The van der Waals surface area contributed by atoms with Crippen LogP contribution in [0.2, 0.25) is 0 Å². The molecule has 1 aliphatic heterocycles. The number of Topliss-reactive ketones (excluding diaryl/α,β-unsaturated/α-hetero) is 1. The first-order valence-corrected chi connectivity index (χ1v) is 13.0. The molecule has 33 heavy (non-hydrogen) atoms. The van der Waals surface area contributed by atoms with Crippen molar-refractivity contribution < 1.29 is 4.79 Å². The van der Waals surface area contributed by atoms with Gasteiger partial charge >= 0.3 is 0 Å². The fourth-order valence-corrected chi connectivity index (χ4v) is 9.63. The van der Waals surface area contributed by atoms with Gasteiger partial charge in [0.15, 0.2) is 5.66 Å². The normalized spacial score (nSPS) is 18.2. The first kappa shape index (κ1) is 21.3. The van der Waals surface area contributed by atoms with Crippen LogP contribution in [0.4, 0.5) is 0 Å². The molecule has 0 amide bonds. The summed E-state index contributed by atoms with van der Waals surface area (Å²) >= 11 is 0. The van der Waals surface area contributed by atoms with Crippen LogP contribution in [0.25, 0.3) is 0 Å².